The first-order valence-electron chi connectivity index (χ1n) is 4.40. The third kappa shape index (κ3) is 2.99. The van der Waals surface area contributed by atoms with E-state index < -0.39 is 9.84 Å². The van der Waals surface area contributed by atoms with Crippen LogP contribution in [0.3, 0.4) is 0 Å². The molecular weight excluding hydrogens is 204 g/mol. The standard InChI is InChI=1S/C7H12N4O2S/c1-2-3-4-5-14(12,13)7-6-8-10-11-9-7/h6H,2-5H2,1H3. The van der Waals surface area contributed by atoms with Gasteiger partial charge in [0, 0.05) is 0 Å². The second-order valence-electron chi connectivity index (χ2n) is 2.89. The number of hydrogen-bond donors (Lipinski definition) is 0. The lowest BCUT2D eigenvalue weighted by atomic mass is 10.3. The fourth-order valence-corrected chi connectivity index (χ4v) is 2.14. The second-order valence-corrected chi connectivity index (χ2v) is 4.94. The summed E-state index contributed by atoms with van der Waals surface area (Å²) >= 11 is 0. The van der Waals surface area contributed by atoms with Crippen molar-refractivity contribution in [3.05, 3.63) is 6.20 Å². The molecule has 0 aliphatic rings. The van der Waals surface area contributed by atoms with Gasteiger partial charge in [0.25, 0.3) is 0 Å². The molecule has 6 nitrogen and oxygen atoms in total. The molecule has 78 valence electrons. The van der Waals surface area contributed by atoms with Crippen molar-refractivity contribution >= 4 is 9.84 Å². The fraction of sp³-hybridized carbons (Fsp3) is 0.714. The maximum absolute atomic E-state index is 11.5. The zero-order valence-corrected chi connectivity index (χ0v) is 8.74. The number of nitrogens with zero attached hydrogens (tertiary/aromatic N) is 4. The maximum Gasteiger partial charge on any atom is 0.199 e. The van der Waals surface area contributed by atoms with E-state index in [-0.39, 0.29) is 10.8 Å². The minimum Gasteiger partial charge on any atom is -0.222 e. The number of hydrogen-bond acceptors (Lipinski definition) is 6. The smallest absolute Gasteiger partial charge is 0.199 e. The molecule has 0 fully saturated rings. The molecule has 1 aromatic heterocycles. The van der Waals surface area contributed by atoms with Gasteiger partial charge in [0.2, 0.25) is 0 Å². The predicted molar refractivity (Wildman–Crippen MR) is 49.2 cm³/mol. The van der Waals surface area contributed by atoms with E-state index in [1.807, 2.05) is 6.92 Å². The third-order valence-corrected chi connectivity index (χ3v) is 3.39. The number of rotatable bonds is 5. The molecule has 0 saturated heterocycles. The molecule has 0 aliphatic heterocycles. The van der Waals surface area contributed by atoms with Crippen LogP contribution >= 0.6 is 0 Å². The first kappa shape index (κ1) is 11.0. The number of sulfone groups is 1. The third-order valence-electron chi connectivity index (χ3n) is 1.74. The van der Waals surface area contributed by atoms with Crippen LogP contribution in [-0.4, -0.2) is 34.8 Å². The lowest BCUT2D eigenvalue weighted by Crippen LogP contribution is -2.10. The SMILES string of the molecule is CCCCCS(=O)(=O)c1cnnnn1. The lowest BCUT2D eigenvalue weighted by Gasteiger charge is -1.99. The highest BCUT2D eigenvalue weighted by Gasteiger charge is 2.16. The Morgan fingerprint density at radius 3 is 2.64 bits per heavy atom. The van der Waals surface area contributed by atoms with Gasteiger partial charge in [0.05, 0.1) is 11.9 Å². The van der Waals surface area contributed by atoms with Gasteiger partial charge >= 0.3 is 0 Å². The highest BCUT2D eigenvalue weighted by Crippen LogP contribution is 2.07. The van der Waals surface area contributed by atoms with Crippen molar-refractivity contribution in [1.82, 2.24) is 20.6 Å². The zero-order valence-electron chi connectivity index (χ0n) is 7.92. The Morgan fingerprint density at radius 1 is 1.29 bits per heavy atom. The van der Waals surface area contributed by atoms with Crippen LogP contribution in [0, 0.1) is 0 Å². The summed E-state index contributed by atoms with van der Waals surface area (Å²) in [5, 5.41) is 13.1. The van der Waals surface area contributed by atoms with Gasteiger partial charge in [-0.2, -0.15) is 0 Å². The molecule has 1 heterocycles. The minimum absolute atomic E-state index is 0.0939. The molecule has 0 unspecified atom stereocenters. The Hall–Kier alpha value is -1.11. The molecule has 0 aromatic carbocycles. The van der Waals surface area contributed by atoms with Crippen LogP contribution in [0.5, 0.6) is 0 Å². The molecule has 0 N–H and O–H groups in total. The largest absolute Gasteiger partial charge is 0.222 e. The van der Waals surface area contributed by atoms with E-state index in [1.165, 1.54) is 0 Å². The normalized spacial score (nSPS) is 11.5. The van der Waals surface area contributed by atoms with Crippen LogP contribution in [-0.2, 0) is 9.84 Å². The maximum atomic E-state index is 11.5. The quantitative estimate of drug-likeness (QED) is 0.655. The van der Waals surface area contributed by atoms with Crippen molar-refractivity contribution in [2.45, 2.75) is 31.2 Å². The summed E-state index contributed by atoms with van der Waals surface area (Å²) in [6.07, 6.45) is 3.64. The van der Waals surface area contributed by atoms with Gasteiger partial charge in [0.15, 0.2) is 14.9 Å². The van der Waals surface area contributed by atoms with Gasteiger partial charge in [-0.1, -0.05) is 19.8 Å². The average molecular weight is 216 g/mol. The fourth-order valence-electron chi connectivity index (χ4n) is 0.977. The Kier molecular flexibility index (Phi) is 3.87. The van der Waals surface area contributed by atoms with Crippen LogP contribution in [0.25, 0.3) is 0 Å². The van der Waals surface area contributed by atoms with Crippen molar-refractivity contribution in [3.63, 3.8) is 0 Å². The van der Waals surface area contributed by atoms with Crippen molar-refractivity contribution in [2.75, 3.05) is 5.75 Å². The second kappa shape index (κ2) is 4.94. The number of unbranched alkanes of at least 4 members (excludes halogenated alkanes) is 2. The van der Waals surface area contributed by atoms with Crippen LogP contribution in [0.4, 0.5) is 0 Å². The Bertz CT molecular complexity index is 365. The van der Waals surface area contributed by atoms with Gasteiger partial charge in [-0.3, -0.25) is 0 Å². The molecule has 0 aliphatic carbocycles. The van der Waals surface area contributed by atoms with Crippen molar-refractivity contribution in [1.29, 1.82) is 0 Å². The van der Waals surface area contributed by atoms with Crippen molar-refractivity contribution in [3.8, 4) is 0 Å². The summed E-state index contributed by atoms with van der Waals surface area (Å²) in [6, 6.07) is 0. The monoisotopic (exact) mass is 216 g/mol. The number of aromatic nitrogens is 4. The molecular formula is C7H12N4O2S. The van der Waals surface area contributed by atoms with E-state index in [9.17, 15) is 8.42 Å². The summed E-state index contributed by atoms with van der Waals surface area (Å²) < 4.78 is 23.1. The summed E-state index contributed by atoms with van der Waals surface area (Å²) in [5.41, 5.74) is 0. The highest BCUT2D eigenvalue weighted by atomic mass is 32.2. The van der Waals surface area contributed by atoms with E-state index in [0.717, 1.165) is 19.0 Å². The van der Waals surface area contributed by atoms with Crippen LogP contribution in [0.2, 0.25) is 0 Å². The molecule has 0 atom stereocenters. The first-order valence-corrected chi connectivity index (χ1v) is 6.06. The molecule has 7 heteroatoms. The molecule has 14 heavy (non-hydrogen) atoms. The predicted octanol–water partition coefficient (Wildman–Crippen LogP) is 0.230. The van der Waals surface area contributed by atoms with E-state index in [1.54, 1.807) is 0 Å². The van der Waals surface area contributed by atoms with E-state index >= 15 is 0 Å². The summed E-state index contributed by atoms with van der Waals surface area (Å²) in [4.78, 5) is 0. The summed E-state index contributed by atoms with van der Waals surface area (Å²) in [7, 11) is -3.31. The van der Waals surface area contributed by atoms with Crippen molar-refractivity contribution in [2.24, 2.45) is 0 Å². The van der Waals surface area contributed by atoms with Gasteiger partial charge in [-0.15, -0.1) is 10.2 Å². The molecule has 1 rings (SSSR count). The average Bonchev–Trinajstić information content (AvgIpc) is 2.19. The van der Waals surface area contributed by atoms with Crippen molar-refractivity contribution < 1.29 is 8.42 Å². The van der Waals surface area contributed by atoms with Crippen LogP contribution in [0.15, 0.2) is 11.2 Å². The Balaban J connectivity index is 2.67. The Labute approximate surface area is 82.7 Å². The van der Waals surface area contributed by atoms with Crippen LogP contribution < -0.4 is 0 Å². The summed E-state index contributed by atoms with van der Waals surface area (Å²) in [5.74, 6) is 0.0984. The van der Waals surface area contributed by atoms with E-state index in [2.05, 4.69) is 20.6 Å². The first-order chi connectivity index (χ1) is 6.67. The molecule has 0 radical (unpaired) electrons. The topological polar surface area (TPSA) is 85.7 Å². The Morgan fingerprint density at radius 2 is 2.07 bits per heavy atom. The molecule has 0 bridgehead atoms. The van der Waals surface area contributed by atoms with Gasteiger partial charge in [0.1, 0.15) is 0 Å². The highest BCUT2D eigenvalue weighted by molar-refractivity contribution is 7.91. The van der Waals surface area contributed by atoms with Gasteiger partial charge in [-0.25, -0.2) is 8.42 Å². The lowest BCUT2D eigenvalue weighted by molar-refractivity contribution is 0.578. The molecule has 0 saturated carbocycles. The van der Waals surface area contributed by atoms with Crippen LogP contribution in [0.1, 0.15) is 26.2 Å². The van der Waals surface area contributed by atoms with E-state index in [0.29, 0.717) is 6.42 Å². The zero-order chi connectivity index (χ0) is 10.4. The van der Waals surface area contributed by atoms with Gasteiger partial charge in [-0.05, 0) is 16.8 Å². The molecule has 0 amide bonds. The van der Waals surface area contributed by atoms with E-state index in [4.69, 9.17) is 0 Å². The minimum atomic E-state index is -3.31. The van der Waals surface area contributed by atoms with Gasteiger partial charge < -0.3 is 0 Å². The molecule has 0 spiro atoms. The molecule has 1 aromatic rings. The summed E-state index contributed by atoms with van der Waals surface area (Å²) in [6.45, 7) is 2.01.